The summed E-state index contributed by atoms with van der Waals surface area (Å²) in [6, 6.07) is 6.98. The number of benzene rings is 1. The van der Waals surface area contributed by atoms with Gasteiger partial charge >= 0.3 is 0 Å². The molecule has 1 aromatic rings. The van der Waals surface area contributed by atoms with Gasteiger partial charge in [-0.1, -0.05) is 30.0 Å². The number of ketones is 1. The number of aliphatic hydroxyl groups excluding tert-OH is 1. The maximum Gasteiger partial charge on any atom is 0.185 e. The summed E-state index contributed by atoms with van der Waals surface area (Å²) in [5, 5.41) is 20.4. The fraction of sp³-hybridized carbons (Fsp3) is 0.310. The summed E-state index contributed by atoms with van der Waals surface area (Å²) >= 11 is 0. The van der Waals surface area contributed by atoms with Crippen molar-refractivity contribution in [1.82, 2.24) is 0 Å². The summed E-state index contributed by atoms with van der Waals surface area (Å²) in [5.41, 5.74) is 5.90. The second-order valence-electron chi connectivity index (χ2n) is 7.76. The zero-order valence-electron chi connectivity index (χ0n) is 21.1. The molecule has 0 spiro atoms. The first kappa shape index (κ1) is 28.9. The van der Waals surface area contributed by atoms with E-state index in [2.05, 4.69) is 36.0 Å². The predicted octanol–water partition coefficient (Wildman–Crippen LogP) is 5.74. The Bertz CT molecular complexity index is 1190. The van der Waals surface area contributed by atoms with Crippen LogP contribution in [0.5, 0.6) is 5.75 Å². The lowest BCUT2D eigenvalue weighted by Gasteiger charge is -2.27. The Hall–Kier alpha value is -4.09. The van der Waals surface area contributed by atoms with Crippen molar-refractivity contribution in [1.29, 1.82) is 5.26 Å². The number of carbonyl (C=O) groups is 1. The topological polar surface area (TPSA) is 91.9 Å². The lowest BCUT2D eigenvalue weighted by atomic mass is 9.77. The van der Waals surface area contributed by atoms with Crippen LogP contribution in [0.15, 0.2) is 75.3 Å². The molecule has 0 aromatic heterocycles. The van der Waals surface area contributed by atoms with Gasteiger partial charge in [0.15, 0.2) is 11.5 Å². The van der Waals surface area contributed by atoms with E-state index in [1.54, 1.807) is 32.0 Å². The van der Waals surface area contributed by atoms with Crippen LogP contribution in [0.25, 0.3) is 0 Å². The minimum atomic E-state index is -0.851. The molecule has 6 heteroatoms. The molecule has 0 heterocycles. The van der Waals surface area contributed by atoms with Crippen LogP contribution >= 0.6 is 0 Å². The second kappa shape index (κ2) is 14.2. The zero-order chi connectivity index (χ0) is 26.5. The number of allylic oxidation sites excluding steroid dienone is 4. The van der Waals surface area contributed by atoms with Crippen molar-refractivity contribution in [3.63, 3.8) is 0 Å². The lowest BCUT2D eigenvalue weighted by Crippen LogP contribution is -2.22. The third-order valence-electron chi connectivity index (χ3n) is 5.36. The number of aliphatic imine (C=N–C) groups is 1. The summed E-state index contributed by atoms with van der Waals surface area (Å²) in [4.78, 5) is 17.7. The third-order valence-corrected chi connectivity index (χ3v) is 5.36. The largest absolute Gasteiger partial charge is 0.501 e. The number of terminal acetylenes is 1. The van der Waals surface area contributed by atoms with Gasteiger partial charge in [-0.3, -0.25) is 9.79 Å². The SMILES string of the molecule is C#CCCOCC(=O)C(=C(C)C)[C@H](/C(C(O)=C=C)=C(N=C)/C(C)=C\C)c1ccc(C#N)cc1OC. The van der Waals surface area contributed by atoms with Crippen molar-refractivity contribution in [3.05, 3.63) is 81.5 Å². The summed E-state index contributed by atoms with van der Waals surface area (Å²) in [6.45, 7) is 14.6. The Kier molecular flexibility index (Phi) is 11.8. The van der Waals surface area contributed by atoms with Crippen molar-refractivity contribution < 1.29 is 19.4 Å². The highest BCUT2D eigenvalue weighted by atomic mass is 16.5. The van der Waals surface area contributed by atoms with E-state index in [4.69, 9.17) is 15.9 Å². The summed E-state index contributed by atoms with van der Waals surface area (Å²) in [6.07, 6.45) is 7.47. The molecule has 0 saturated carbocycles. The smallest absolute Gasteiger partial charge is 0.185 e. The Labute approximate surface area is 208 Å². The first-order chi connectivity index (χ1) is 16.7. The maximum absolute atomic E-state index is 13.5. The number of hydrogen-bond donors (Lipinski definition) is 1. The Morgan fingerprint density at radius 3 is 2.49 bits per heavy atom. The quantitative estimate of drug-likeness (QED) is 0.0796. The predicted molar refractivity (Wildman–Crippen MR) is 139 cm³/mol. The van der Waals surface area contributed by atoms with Gasteiger partial charge in [-0.05, 0) is 52.1 Å². The van der Waals surface area contributed by atoms with Crippen LogP contribution in [0.2, 0.25) is 0 Å². The average molecular weight is 473 g/mol. The van der Waals surface area contributed by atoms with Gasteiger partial charge in [-0.15, -0.1) is 12.3 Å². The molecule has 1 aromatic carbocycles. The van der Waals surface area contributed by atoms with Crippen LogP contribution in [-0.4, -0.2) is 37.9 Å². The van der Waals surface area contributed by atoms with Crippen LogP contribution in [0.4, 0.5) is 0 Å². The normalized spacial score (nSPS) is 12.3. The molecule has 0 radical (unpaired) electrons. The molecule has 0 bridgehead atoms. The van der Waals surface area contributed by atoms with E-state index in [0.29, 0.717) is 40.1 Å². The van der Waals surface area contributed by atoms with Crippen LogP contribution in [0.3, 0.4) is 0 Å². The van der Waals surface area contributed by atoms with Gasteiger partial charge in [0.05, 0.1) is 31.0 Å². The summed E-state index contributed by atoms with van der Waals surface area (Å²) in [7, 11) is 1.47. The van der Waals surface area contributed by atoms with Crippen LogP contribution in [0, 0.1) is 23.7 Å². The van der Waals surface area contributed by atoms with E-state index in [-0.39, 0.29) is 30.3 Å². The molecule has 0 saturated heterocycles. The average Bonchev–Trinajstić information content (AvgIpc) is 2.86. The highest BCUT2D eigenvalue weighted by Gasteiger charge is 2.34. The van der Waals surface area contributed by atoms with Gasteiger partial charge < -0.3 is 14.6 Å². The minimum Gasteiger partial charge on any atom is -0.501 e. The molecule has 0 aliphatic heterocycles. The standard InChI is InChI=1S/C29H32N2O4/c1-9-12-15-35-18-24(33)26(19(4)5)27(22-14-13-21(17-30)16-25(22)34-8)28(23(32)11-3)29(31-7)20(6)10-2/h1,10,13-14,16,27,32H,3,7,12,15,18H2,2,4-6,8H3/b20-10-,29-28-/t27-/m1/s1. The van der Waals surface area contributed by atoms with Gasteiger partial charge in [0, 0.05) is 29.0 Å². The van der Waals surface area contributed by atoms with Crippen LogP contribution in [-0.2, 0) is 9.53 Å². The van der Waals surface area contributed by atoms with E-state index in [0.717, 1.165) is 5.57 Å². The number of Topliss-reactive ketones (excluding diaryl/α,β-unsaturated/α-hetero) is 1. The number of nitrogens with zero attached hydrogens (tertiary/aromatic N) is 2. The summed E-state index contributed by atoms with van der Waals surface area (Å²) in [5.74, 6) is 1.40. The Morgan fingerprint density at radius 1 is 1.31 bits per heavy atom. The van der Waals surface area contributed by atoms with Gasteiger partial charge in [0.2, 0.25) is 0 Å². The molecular weight excluding hydrogens is 440 g/mol. The number of methoxy groups -OCH3 is 1. The van der Waals surface area contributed by atoms with Gasteiger partial charge in [-0.25, -0.2) is 0 Å². The molecule has 0 fully saturated rings. The van der Waals surface area contributed by atoms with Crippen LogP contribution < -0.4 is 4.74 Å². The lowest BCUT2D eigenvalue weighted by molar-refractivity contribution is -0.120. The molecule has 1 rings (SSSR count). The molecule has 1 atom stereocenters. The summed E-state index contributed by atoms with van der Waals surface area (Å²) < 4.78 is 11.1. The second-order valence-corrected chi connectivity index (χ2v) is 7.76. The van der Waals surface area contributed by atoms with E-state index >= 15 is 0 Å². The van der Waals surface area contributed by atoms with Crippen molar-refractivity contribution in [3.8, 4) is 24.2 Å². The third kappa shape index (κ3) is 7.19. The monoisotopic (exact) mass is 472 g/mol. The minimum absolute atomic E-state index is 0.206. The van der Waals surface area contributed by atoms with Crippen molar-refractivity contribution in [2.45, 2.75) is 40.0 Å². The number of aliphatic hydroxyl groups is 1. The number of nitriles is 1. The van der Waals surface area contributed by atoms with Crippen molar-refractivity contribution in [2.75, 3.05) is 20.3 Å². The number of hydrogen-bond acceptors (Lipinski definition) is 6. The van der Waals surface area contributed by atoms with E-state index < -0.39 is 5.92 Å². The molecule has 35 heavy (non-hydrogen) atoms. The first-order valence-corrected chi connectivity index (χ1v) is 11.0. The van der Waals surface area contributed by atoms with Gasteiger partial charge in [-0.2, -0.15) is 5.26 Å². The molecule has 6 nitrogen and oxygen atoms in total. The molecule has 182 valence electrons. The van der Waals surface area contributed by atoms with Gasteiger partial charge in [0.25, 0.3) is 0 Å². The maximum atomic E-state index is 13.5. The van der Waals surface area contributed by atoms with Crippen molar-refractivity contribution >= 4 is 12.5 Å². The highest BCUT2D eigenvalue weighted by molar-refractivity contribution is 5.99. The first-order valence-electron chi connectivity index (χ1n) is 11.0. The number of carbonyl (C=O) groups excluding carboxylic acids is 1. The molecule has 0 aliphatic rings. The number of rotatable bonds is 12. The number of ether oxygens (including phenoxy) is 2. The fourth-order valence-electron chi connectivity index (χ4n) is 3.62. The molecular formula is C29H32N2O4. The molecule has 1 N–H and O–H groups in total. The fourth-order valence-corrected chi connectivity index (χ4v) is 3.62. The van der Waals surface area contributed by atoms with Gasteiger partial charge in [0.1, 0.15) is 12.4 Å². The Balaban J connectivity index is 4.12. The van der Waals surface area contributed by atoms with E-state index in [1.165, 1.54) is 7.11 Å². The highest BCUT2D eigenvalue weighted by Crippen LogP contribution is 2.44. The molecule has 0 unspecified atom stereocenters. The molecule has 0 amide bonds. The Morgan fingerprint density at radius 2 is 2.00 bits per heavy atom. The molecule has 0 aliphatic carbocycles. The van der Waals surface area contributed by atoms with E-state index in [1.807, 2.05) is 19.9 Å². The van der Waals surface area contributed by atoms with Crippen LogP contribution in [0.1, 0.15) is 51.2 Å². The zero-order valence-corrected chi connectivity index (χ0v) is 21.1. The van der Waals surface area contributed by atoms with Crippen molar-refractivity contribution in [2.24, 2.45) is 4.99 Å². The van der Waals surface area contributed by atoms with E-state index in [9.17, 15) is 15.2 Å².